The van der Waals surface area contributed by atoms with E-state index >= 15 is 4.39 Å². The van der Waals surface area contributed by atoms with Gasteiger partial charge >= 0.3 is 0 Å². The smallest absolute Gasteiger partial charge is 0.287 e. The molecule has 2 aliphatic carbocycles. The Kier molecular flexibility index (Phi) is 8.66. The Morgan fingerprint density at radius 1 is 1.14 bits per heavy atom. The Labute approximate surface area is 257 Å². The molecule has 3 fully saturated rings. The Hall–Kier alpha value is -2.63. The second kappa shape index (κ2) is 11.8. The SMILES string of the molecule is CC[C@H](CC(=O)[C@@H]1C[C@@H](S(=O)(=O)c2ccccc2Cl)CN1C(=O)C1(c2ccc(Br)cc2F)CC1)C(=O)C(=O)NC1CC1. The van der Waals surface area contributed by atoms with Crippen molar-refractivity contribution in [2.45, 2.75) is 79.5 Å². The Morgan fingerprint density at radius 3 is 2.43 bits per heavy atom. The van der Waals surface area contributed by atoms with E-state index in [-0.39, 0.29) is 47.3 Å². The fourth-order valence-corrected chi connectivity index (χ4v) is 8.30. The number of halogens is 3. The maximum atomic E-state index is 15.0. The van der Waals surface area contributed by atoms with E-state index in [0.29, 0.717) is 17.3 Å². The summed E-state index contributed by atoms with van der Waals surface area (Å²) in [7, 11) is -4.07. The third-order valence-electron chi connectivity index (χ3n) is 8.53. The van der Waals surface area contributed by atoms with Gasteiger partial charge in [0.15, 0.2) is 15.6 Å². The summed E-state index contributed by atoms with van der Waals surface area (Å²) < 4.78 is 42.9. The van der Waals surface area contributed by atoms with Crippen LogP contribution in [0.5, 0.6) is 0 Å². The highest BCUT2D eigenvalue weighted by Gasteiger charge is 2.58. The third-order valence-corrected chi connectivity index (χ3v) is 11.7. The van der Waals surface area contributed by atoms with E-state index in [1.807, 2.05) is 0 Å². The highest BCUT2D eigenvalue weighted by molar-refractivity contribution is 9.10. The fraction of sp³-hybridized carbons (Fsp3) is 0.467. The van der Waals surface area contributed by atoms with Crippen LogP contribution in [0.3, 0.4) is 0 Å². The molecule has 5 rings (SSSR count). The van der Waals surface area contributed by atoms with Crippen LogP contribution in [-0.4, -0.2) is 60.6 Å². The number of hydrogen-bond acceptors (Lipinski definition) is 6. The van der Waals surface area contributed by atoms with Crippen LogP contribution in [0.15, 0.2) is 51.8 Å². The molecule has 42 heavy (non-hydrogen) atoms. The largest absolute Gasteiger partial charge is 0.347 e. The molecule has 1 saturated heterocycles. The average Bonchev–Trinajstić information content (AvgIpc) is 3.88. The molecule has 1 heterocycles. The van der Waals surface area contributed by atoms with E-state index in [4.69, 9.17) is 11.6 Å². The molecule has 1 N–H and O–H groups in total. The topological polar surface area (TPSA) is 118 Å². The van der Waals surface area contributed by atoms with Crippen LogP contribution < -0.4 is 5.32 Å². The summed E-state index contributed by atoms with van der Waals surface area (Å²) in [6.45, 7) is 1.41. The van der Waals surface area contributed by atoms with Crippen molar-refractivity contribution in [2.75, 3.05) is 6.54 Å². The Bertz CT molecular complexity index is 1560. The number of amides is 2. The van der Waals surface area contributed by atoms with Crippen molar-refractivity contribution in [3.63, 3.8) is 0 Å². The van der Waals surface area contributed by atoms with Gasteiger partial charge in [0, 0.05) is 35.0 Å². The van der Waals surface area contributed by atoms with E-state index in [0.717, 1.165) is 12.8 Å². The van der Waals surface area contributed by atoms with Crippen LogP contribution in [0.2, 0.25) is 5.02 Å². The lowest BCUT2D eigenvalue weighted by Gasteiger charge is -2.29. The number of likely N-dealkylation sites (tertiary alicyclic amines) is 1. The van der Waals surface area contributed by atoms with Crippen LogP contribution in [0, 0.1) is 11.7 Å². The van der Waals surface area contributed by atoms with Crippen LogP contribution in [-0.2, 0) is 34.4 Å². The van der Waals surface area contributed by atoms with E-state index < -0.39 is 61.7 Å². The van der Waals surface area contributed by atoms with E-state index in [1.54, 1.807) is 25.1 Å². The number of nitrogens with one attached hydrogen (secondary N) is 1. The minimum Gasteiger partial charge on any atom is -0.347 e. The third kappa shape index (κ3) is 5.92. The zero-order valence-electron chi connectivity index (χ0n) is 22.9. The Balaban J connectivity index is 1.45. The molecular weight excluding hydrogens is 651 g/mol. The van der Waals surface area contributed by atoms with Gasteiger partial charge in [-0.15, -0.1) is 0 Å². The first-order valence-electron chi connectivity index (χ1n) is 14.0. The van der Waals surface area contributed by atoms with Crippen LogP contribution >= 0.6 is 27.5 Å². The molecule has 2 amide bonds. The summed E-state index contributed by atoms with van der Waals surface area (Å²) in [5.41, 5.74) is -1.02. The highest BCUT2D eigenvalue weighted by Crippen LogP contribution is 2.52. The van der Waals surface area contributed by atoms with Crippen LogP contribution in [0.25, 0.3) is 0 Å². The summed E-state index contributed by atoms with van der Waals surface area (Å²) in [4.78, 5) is 54.4. The van der Waals surface area contributed by atoms with Gasteiger partial charge in [-0.25, -0.2) is 12.8 Å². The first-order valence-corrected chi connectivity index (χ1v) is 16.7. The van der Waals surface area contributed by atoms with Crippen LogP contribution in [0.4, 0.5) is 4.39 Å². The number of rotatable bonds is 11. The van der Waals surface area contributed by atoms with Gasteiger partial charge in [0.25, 0.3) is 5.91 Å². The number of ketones is 2. The summed E-state index contributed by atoms with van der Waals surface area (Å²) >= 11 is 9.45. The standard InChI is InChI=1S/C30H31BrClFN2O6S/c1-2-17(27(37)28(38)34-19-8-9-19)13-25(36)24-15-20(42(40,41)26-6-4-3-5-22(26)32)16-35(24)29(39)30(11-12-30)21-10-7-18(31)14-23(21)33/h3-7,10,14,17,19-20,24H,2,8-9,11-13,15-16H2,1H3,(H,34,38)/t17-,20-,24+/m1/s1. The average molecular weight is 682 g/mol. The molecular formula is C30H31BrClFN2O6S. The van der Waals surface area contributed by atoms with Crippen molar-refractivity contribution in [3.05, 3.63) is 63.3 Å². The molecule has 3 atom stereocenters. The molecule has 0 radical (unpaired) electrons. The van der Waals surface area contributed by atoms with Gasteiger partial charge < -0.3 is 10.2 Å². The number of Topliss-reactive ketones (excluding diaryl/α,β-unsaturated/α-hetero) is 2. The van der Waals surface area contributed by atoms with Crippen molar-refractivity contribution in [3.8, 4) is 0 Å². The molecule has 3 aliphatic rings. The number of nitrogens with zero attached hydrogens (tertiary/aromatic N) is 1. The molecule has 0 aromatic heterocycles. The lowest BCUT2D eigenvalue weighted by molar-refractivity contribution is -0.143. The predicted octanol–water partition coefficient (Wildman–Crippen LogP) is 4.55. The van der Waals surface area contributed by atoms with E-state index in [9.17, 15) is 27.6 Å². The number of benzene rings is 2. The lowest BCUT2D eigenvalue weighted by atomic mass is 9.90. The van der Waals surface area contributed by atoms with E-state index in [2.05, 4.69) is 21.2 Å². The highest BCUT2D eigenvalue weighted by atomic mass is 79.9. The molecule has 2 aromatic rings. The lowest BCUT2D eigenvalue weighted by Crippen LogP contribution is -2.47. The van der Waals surface area contributed by atoms with E-state index in [1.165, 1.54) is 29.2 Å². The second-order valence-corrected chi connectivity index (χ2v) is 14.9. The van der Waals surface area contributed by atoms with Crippen molar-refractivity contribution in [1.82, 2.24) is 10.2 Å². The normalized spacial score (nSPS) is 22.0. The molecule has 12 heteroatoms. The molecule has 2 aromatic carbocycles. The number of carbonyl (C=O) groups is 4. The maximum absolute atomic E-state index is 15.0. The number of hydrogen-bond donors (Lipinski definition) is 1. The summed E-state index contributed by atoms with van der Waals surface area (Å²) in [6.07, 6.45) is 2.00. The Morgan fingerprint density at radius 2 is 1.83 bits per heavy atom. The molecule has 2 saturated carbocycles. The molecule has 224 valence electrons. The molecule has 0 bridgehead atoms. The minimum atomic E-state index is -4.07. The summed E-state index contributed by atoms with van der Waals surface area (Å²) in [5.74, 6) is -3.96. The molecule has 0 spiro atoms. The predicted molar refractivity (Wildman–Crippen MR) is 157 cm³/mol. The van der Waals surface area contributed by atoms with Gasteiger partial charge in [-0.1, -0.05) is 52.7 Å². The first kappa shape index (κ1) is 30.8. The quantitative estimate of drug-likeness (QED) is 0.348. The van der Waals surface area contributed by atoms with Crippen LogP contribution in [0.1, 0.15) is 57.4 Å². The summed E-state index contributed by atoms with van der Waals surface area (Å²) in [5, 5.41) is 1.53. The zero-order chi connectivity index (χ0) is 30.4. The monoisotopic (exact) mass is 680 g/mol. The first-order chi connectivity index (χ1) is 19.9. The van der Waals surface area contributed by atoms with Crippen molar-refractivity contribution in [2.24, 2.45) is 5.92 Å². The second-order valence-electron chi connectivity index (χ2n) is 11.4. The van der Waals surface area contributed by atoms with Gasteiger partial charge in [0.05, 0.1) is 26.6 Å². The van der Waals surface area contributed by atoms with Crippen molar-refractivity contribution < 1.29 is 32.0 Å². The van der Waals surface area contributed by atoms with Crippen molar-refractivity contribution >= 4 is 60.7 Å². The molecule has 1 aliphatic heterocycles. The summed E-state index contributed by atoms with van der Waals surface area (Å²) in [6, 6.07) is 9.21. The van der Waals surface area contributed by atoms with Gasteiger partial charge in [-0.3, -0.25) is 19.2 Å². The van der Waals surface area contributed by atoms with Gasteiger partial charge in [0.2, 0.25) is 11.7 Å². The molecule has 8 nitrogen and oxygen atoms in total. The number of sulfone groups is 1. The van der Waals surface area contributed by atoms with Gasteiger partial charge in [-0.2, -0.15) is 0 Å². The zero-order valence-corrected chi connectivity index (χ0v) is 26.1. The maximum Gasteiger partial charge on any atom is 0.287 e. The molecule has 0 unspecified atom stereocenters. The van der Waals surface area contributed by atoms with Gasteiger partial charge in [0.1, 0.15) is 5.82 Å². The minimum absolute atomic E-state index is 0.0258. The fourth-order valence-electron chi connectivity index (χ4n) is 5.75. The number of carbonyl (C=O) groups excluding carboxylic acids is 4. The van der Waals surface area contributed by atoms with Gasteiger partial charge in [-0.05, 0) is 62.8 Å². The van der Waals surface area contributed by atoms with Crippen molar-refractivity contribution in [1.29, 1.82) is 0 Å².